The fourth-order valence-electron chi connectivity index (χ4n) is 7.04. The van der Waals surface area contributed by atoms with E-state index in [4.69, 9.17) is 9.16 Å². The number of hydrogen-bond acceptors (Lipinski definition) is 6. The molecule has 0 radical (unpaired) electrons. The summed E-state index contributed by atoms with van der Waals surface area (Å²) in [5.41, 5.74) is 0.886. The number of amides is 2. The largest absolute Gasteiger partial charge is 0.457 e. The lowest BCUT2D eigenvalue weighted by Crippen LogP contribution is -2.69. The van der Waals surface area contributed by atoms with Crippen LogP contribution >= 0.6 is 6.89 Å². The van der Waals surface area contributed by atoms with Crippen LogP contribution in [-0.4, -0.2) is 67.0 Å². The summed E-state index contributed by atoms with van der Waals surface area (Å²) in [7, 11) is -2.15. The van der Waals surface area contributed by atoms with Crippen LogP contribution in [0.15, 0.2) is 128 Å². The third-order valence-electron chi connectivity index (χ3n) is 9.07. The molecule has 1 aliphatic heterocycles. The number of carbonyl (C=O) groups is 4. The van der Waals surface area contributed by atoms with Crippen molar-refractivity contribution in [3.8, 4) is 0 Å². The number of carbonyl (C=O) groups excluding carboxylic acids is 4. The molecule has 5 rings (SSSR count). The van der Waals surface area contributed by atoms with E-state index in [1.54, 1.807) is 24.3 Å². The summed E-state index contributed by atoms with van der Waals surface area (Å²) in [6, 6.07) is 35.0. The van der Waals surface area contributed by atoms with Crippen LogP contribution in [0.25, 0.3) is 0 Å². The van der Waals surface area contributed by atoms with Gasteiger partial charge in [-0.25, -0.2) is 4.79 Å². The van der Waals surface area contributed by atoms with Gasteiger partial charge in [0, 0.05) is 30.5 Å². The van der Waals surface area contributed by atoms with Gasteiger partial charge in [-0.3, -0.25) is 14.4 Å². The maximum absolute atomic E-state index is 14.9. The average Bonchev–Trinajstić information content (AvgIpc) is 3.13. The maximum Gasteiger partial charge on any atom is 0.356 e. The number of Topliss-reactive ketones (excluding diaryl/α,β-unsaturated/α-hetero) is 1. The van der Waals surface area contributed by atoms with Crippen LogP contribution in [-0.2, 0) is 18.8 Å². The summed E-state index contributed by atoms with van der Waals surface area (Å²) in [5.74, 6) is -2.24. The highest BCUT2D eigenvalue weighted by atomic mass is 31.2. The third kappa shape index (κ3) is 8.54. The molecule has 53 heavy (non-hydrogen) atoms. The molecule has 1 fully saturated rings. The number of ether oxygens (including phenoxy) is 1. The Morgan fingerprint density at radius 1 is 0.811 bits per heavy atom. The van der Waals surface area contributed by atoms with Crippen LogP contribution in [0, 0.1) is 5.92 Å². The number of rotatable bonds is 15. The molecule has 276 valence electrons. The Morgan fingerprint density at radius 3 is 1.79 bits per heavy atom. The second-order valence-electron chi connectivity index (χ2n) is 14.5. The Bertz CT molecular complexity index is 1910. The predicted molar refractivity (Wildman–Crippen MR) is 217 cm³/mol. The molecule has 1 aliphatic rings. The molecular weight excluding hydrogens is 700 g/mol. The summed E-state index contributed by atoms with van der Waals surface area (Å²) in [6.45, 7) is 12.3. The van der Waals surface area contributed by atoms with E-state index >= 15 is 0 Å². The van der Waals surface area contributed by atoms with Crippen molar-refractivity contribution in [2.75, 3.05) is 6.61 Å². The minimum atomic E-state index is -3.19. The lowest BCUT2D eigenvalue weighted by Gasteiger charge is -2.52. The van der Waals surface area contributed by atoms with Crippen LogP contribution in [0.2, 0.25) is 19.6 Å². The smallest absolute Gasteiger partial charge is 0.356 e. The standard InChI is InChI=1S/C43H49N2O6PSi/c1-8-27-50-43(49)42(52(34-21-12-9-13-22-34,35-23-14-10-15-24-35)36-25-16-11-17-26-36)45-37(39(41(45)48)31(4)51-53(5,6)7)29-38(46)32-19-18-20-33(28-32)40(47)44-30(2)3/h8-26,28,30-31,37,39H,1,27,29H2,2-7H3,(H,44,47)/t31-,37-,39-/m1/s1. The topological polar surface area (TPSA) is 102 Å². The average molecular weight is 749 g/mol. The molecule has 0 bridgehead atoms. The summed E-state index contributed by atoms with van der Waals surface area (Å²) in [4.78, 5) is 58.5. The molecule has 0 saturated carbocycles. The fourth-order valence-corrected chi connectivity index (χ4v) is 12.7. The van der Waals surface area contributed by atoms with Crippen LogP contribution in [0.4, 0.5) is 0 Å². The highest BCUT2D eigenvalue weighted by Crippen LogP contribution is 2.50. The Hall–Kier alpha value is -4.82. The molecular formula is C43H49N2O6PSi. The Balaban J connectivity index is 1.80. The molecule has 3 atom stereocenters. The van der Waals surface area contributed by atoms with Gasteiger partial charge in [-0.05, 0) is 68.5 Å². The number of likely N-dealkylation sites (tertiary alicyclic amines) is 1. The number of benzene rings is 4. The molecule has 4 aromatic rings. The van der Waals surface area contributed by atoms with E-state index in [2.05, 4.69) is 31.5 Å². The minimum Gasteiger partial charge on any atom is -0.457 e. The van der Waals surface area contributed by atoms with Crippen LogP contribution in [0.3, 0.4) is 0 Å². The quantitative estimate of drug-likeness (QED) is 0.0382. The molecule has 1 N–H and O–H groups in total. The first-order valence-corrected chi connectivity index (χ1v) is 23.2. The lowest BCUT2D eigenvalue weighted by molar-refractivity contribution is -0.156. The number of esters is 1. The van der Waals surface area contributed by atoms with Crippen molar-refractivity contribution in [1.82, 2.24) is 10.2 Å². The number of β-lactam (4-membered cyclic amide) rings is 1. The highest BCUT2D eigenvalue weighted by molar-refractivity contribution is 7.96. The molecule has 0 aromatic heterocycles. The van der Waals surface area contributed by atoms with Crippen molar-refractivity contribution in [3.05, 3.63) is 139 Å². The molecule has 2 amide bonds. The Kier molecular flexibility index (Phi) is 12.6. The molecule has 0 spiro atoms. The van der Waals surface area contributed by atoms with Gasteiger partial charge in [0.2, 0.25) is 5.91 Å². The molecule has 10 heteroatoms. The van der Waals surface area contributed by atoms with E-state index in [1.807, 2.05) is 112 Å². The van der Waals surface area contributed by atoms with E-state index < -0.39 is 39.2 Å². The number of nitrogens with zero attached hydrogens (tertiary/aromatic N) is 1. The number of nitrogens with one attached hydrogen (secondary N) is 1. The van der Waals surface area contributed by atoms with E-state index in [-0.39, 0.29) is 42.1 Å². The summed E-state index contributed by atoms with van der Waals surface area (Å²) in [5, 5.41) is 5.42. The zero-order valence-corrected chi connectivity index (χ0v) is 33.2. The fraction of sp³-hybridized carbons (Fsp3) is 0.279. The Labute approximate surface area is 314 Å². The second-order valence-corrected chi connectivity index (χ2v) is 22.2. The first-order chi connectivity index (χ1) is 25.3. The van der Waals surface area contributed by atoms with E-state index in [0.717, 1.165) is 15.9 Å². The van der Waals surface area contributed by atoms with Gasteiger partial charge in [0.25, 0.3) is 5.91 Å². The Morgan fingerprint density at radius 2 is 1.32 bits per heavy atom. The highest BCUT2D eigenvalue weighted by Gasteiger charge is 2.56. The van der Waals surface area contributed by atoms with Gasteiger partial charge in [-0.15, -0.1) is 0 Å². The maximum atomic E-state index is 14.9. The van der Waals surface area contributed by atoms with Crippen molar-refractivity contribution in [1.29, 1.82) is 0 Å². The summed E-state index contributed by atoms with van der Waals surface area (Å²) >= 11 is 0. The second kappa shape index (κ2) is 16.9. The molecule has 0 unspecified atom stereocenters. The predicted octanol–water partition coefficient (Wildman–Crippen LogP) is 6.32. The van der Waals surface area contributed by atoms with E-state index in [0.29, 0.717) is 11.1 Å². The van der Waals surface area contributed by atoms with Gasteiger partial charge in [-0.2, -0.15) is 0 Å². The molecule has 1 saturated heterocycles. The SMILES string of the molecule is C=CCOC(=O)C(N1C(=O)[C@H]([C@@H](C)O[Si](C)(C)C)[C@H]1CC(=O)c1cccc(C(=O)NC(C)C)c1)=P(c1ccccc1)(c1ccccc1)c1ccccc1. The zero-order valence-electron chi connectivity index (χ0n) is 31.3. The van der Waals surface area contributed by atoms with Gasteiger partial charge in [-0.1, -0.05) is 116 Å². The van der Waals surface area contributed by atoms with E-state index in [9.17, 15) is 19.2 Å². The molecule has 1 heterocycles. The minimum absolute atomic E-state index is 0.0733. The van der Waals surface area contributed by atoms with Crippen LogP contribution in [0.5, 0.6) is 0 Å². The van der Waals surface area contributed by atoms with Gasteiger partial charge < -0.3 is 19.4 Å². The van der Waals surface area contributed by atoms with Crippen molar-refractivity contribution in [2.24, 2.45) is 5.92 Å². The van der Waals surface area contributed by atoms with Crippen LogP contribution < -0.4 is 21.2 Å². The van der Waals surface area contributed by atoms with Crippen LogP contribution in [0.1, 0.15) is 47.9 Å². The molecule has 0 aliphatic carbocycles. The van der Waals surface area contributed by atoms with Crippen molar-refractivity contribution in [3.63, 3.8) is 0 Å². The van der Waals surface area contributed by atoms with Gasteiger partial charge in [0.15, 0.2) is 14.1 Å². The van der Waals surface area contributed by atoms with E-state index in [1.165, 1.54) is 11.0 Å². The number of hydrogen-bond donors (Lipinski definition) is 1. The van der Waals surface area contributed by atoms with Gasteiger partial charge >= 0.3 is 5.97 Å². The normalized spacial score (nSPS) is 16.4. The first kappa shape index (κ1) is 39.4. The first-order valence-electron chi connectivity index (χ1n) is 18.0. The van der Waals surface area contributed by atoms with Crippen molar-refractivity contribution < 1.29 is 28.3 Å². The number of ketones is 1. The summed E-state index contributed by atoms with van der Waals surface area (Å²) < 4.78 is 12.4. The van der Waals surface area contributed by atoms with Gasteiger partial charge in [0.05, 0.1) is 18.1 Å². The van der Waals surface area contributed by atoms with Crippen molar-refractivity contribution in [2.45, 2.75) is 65.0 Å². The van der Waals surface area contributed by atoms with Crippen molar-refractivity contribution >= 4 is 60.1 Å². The van der Waals surface area contributed by atoms with Gasteiger partial charge in [0.1, 0.15) is 12.0 Å². The monoisotopic (exact) mass is 748 g/mol. The molecule has 8 nitrogen and oxygen atoms in total. The lowest BCUT2D eigenvalue weighted by atomic mass is 9.79. The molecule has 4 aromatic carbocycles. The third-order valence-corrected chi connectivity index (χ3v) is 14.4. The summed E-state index contributed by atoms with van der Waals surface area (Å²) in [6.07, 6.45) is 0.855. The zero-order chi connectivity index (χ0) is 38.3.